The molecule has 0 aliphatic heterocycles. The van der Waals surface area contributed by atoms with Crippen LogP contribution in [0.5, 0.6) is 0 Å². The number of aryl methyl sites for hydroxylation is 1. The number of rotatable bonds is 7. The molecule has 0 unspecified atom stereocenters. The van der Waals surface area contributed by atoms with E-state index in [0.717, 1.165) is 24.1 Å². The Bertz CT molecular complexity index is 339. The van der Waals surface area contributed by atoms with E-state index in [4.69, 9.17) is 5.26 Å². The first-order chi connectivity index (χ1) is 7.88. The van der Waals surface area contributed by atoms with E-state index in [1.165, 1.54) is 32.1 Å². The topological polar surface area (TPSA) is 36.7 Å². The van der Waals surface area contributed by atoms with Crippen molar-refractivity contribution in [3.8, 4) is 6.07 Å². The molecule has 0 N–H and O–H groups in total. The standard InChI is InChI=1S/C14H20N2/c1-2-3-4-5-6-7-10-14-13(12-15)9-8-11-16-14/h8-9,11H,2-7,10H2,1H3. The highest BCUT2D eigenvalue weighted by molar-refractivity contribution is 5.32. The molecule has 0 radical (unpaired) electrons. The summed E-state index contributed by atoms with van der Waals surface area (Å²) in [6.45, 7) is 2.23. The van der Waals surface area contributed by atoms with Crippen LogP contribution in [0.4, 0.5) is 0 Å². The van der Waals surface area contributed by atoms with Crippen LogP contribution in [-0.4, -0.2) is 4.98 Å². The number of unbranched alkanes of at least 4 members (excludes halogenated alkanes) is 5. The molecule has 0 saturated carbocycles. The van der Waals surface area contributed by atoms with E-state index in [1.807, 2.05) is 12.1 Å². The molecule has 0 amide bonds. The molecule has 16 heavy (non-hydrogen) atoms. The van der Waals surface area contributed by atoms with Gasteiger partial charge in [-0.2, -0.15) is 5.26 Å². The first kappa shape index (κ1) is 12.7. The maximum Gasteiger partial charge on any atom is 0.101 e. The molecule has 0 saturated heterocycles. The van der Waals surface area contributed by atoms with Crippen LogP contribution in [0.15, 0.2) is 18.3 Å². The highest BCUT2D eigenvalue weighted by Gasteiger charge is 2.01. The first-order valence-corrected chi connectivity index (χ1v) is 6.22. The third-order valence-corrected chi connectivity index (χ3v) is 2.78. The van der Waals surface area contributed by atoms with Crippen LogP contribution < -0.4 is 0 Å². The number of nitrogens with zero attached hydrogens (tertiary/aromatic N) is 2. The minimum Gasteiger partial charge on any atom is -0.260 e. The monoisotopic (exact) mass is 216 g/mol. The van der Waals surface area contributed by atoms with E-state index >= 15 is 0 Å². The Morgan fingerprint density at radius 1 is 1.19 bits per heavy atom. The minimum atomic E-state index is 0.732. The molecule has 0 aliphatic rings. The van der Waals surface area contributed by atoms with Gasteiger partial charge in [-0.15, -0.1) is 0 Å². The van der Waals surface area contributed by atoms with Gasteiger partial charge in [0.25, 0.3) is 0 Å². The molecule has 1 heterocycles. The molecular weight excluding hydrogens is 196 g/mol. The summed E-state index contributed by atoms with van der Waals surface area (Å²) in [7, 11) is 0. The lowest BCUT2D eigenvalue weighted by Gasteiger charge is -2.02. The van der Waals surface area contributed by atoms with Gasteiger partial charge in [0.05, 0.1) is 11.3 Å². The van der Waals surface area contributed by atoms with Crippen molar-refractivity contribution in [3.63, 3.8) is 0 Å². The van der Waals surface area contributed by atoms with E-state index in [2.05, 4.69) is 18.0 Å². The van der Waals surface area contributed by atoms with E-state index in [-0.39, 0.29) is 0 Å². The Kier molecular flexibility index (Phi) is 6.25. The summed E-state index contributed by atoms with van der Waals surface area (Å²) in [6, 6.07) is 5.86. The molecule has 0 atom stereocenters. The van der Waals surface area contributed by atoms with Gasteiger partial charge in [-0.05, 0) is 25.0 Å². The molecule has 2 heteroatoms. The molecule has 1 aromatic heterocycles. The van der Waals surface area contributed by atoms with E-state index in [0.29, 0.717) is 0 Å². The van der Waals surface area contributed by atoms with Gasteiger partial charge in [0, 0.05) is 6.20 Å². The molecule has 0 spiro atoms. The van der Waals surface area contributed by atoms with Gasteiger partial charge >= 0.3 is 0 Å². The van der Waals surface area contributed by atoms with Crippen LogP contribution in [-0.2, 0) is 6.42 Å². The van der Waals surface area contributed by atoms with Crippen molar-refractivity contribution >= 4 is 0 Å². The summed E-state index contributed by atoms with van der Waals surface area (Å²) >= 11 is 0. The average Bonchev–Trinajstić information content (AvgIpc) is 2.34. The van der Waals surface area contributed by atoms with Gasteiger partial charge in [0.15, 0.2) is 0 Å². The fraction of sp³-hybridized carbons (Fsp3) is 0.571. The number of hydrogen-bond donors (Lipinski definition) is 0. The number of pyridine rings is 1. The normalized spacial score (nSPS) is 10.0. The third-order valence-electron chi connectivity index (χ3n) is 2.78. The highest BCUT2D eigenvalue weighted by Crippen LogP contribution is 2.11. The Morgan fingerprint density at radius 3 is 2.69 bits per heavy atom. The van der Waals surface area contributed by atoms with Crippen LogP contribution in [0.2, 0.25) is 0 Å². The van der Waals surface area contributed by atoms with Gasteiger partial charge in [0.2, 0.25) is 0 Å². The SMILES string of the molecule is CCCCCCCCc1ncccc1C#N. The zero-order chi connectivity index (χ0) is 11.6. The number of aromatic nitrogens is 1. The maximum atomic E-state index is 8.90. The summed E-state index contributed by atoms with van der Waals surface area (Å²) in [6.07, 6.45) is 10.4. The van der Waals surface area contributed by atoms with E-state index in [1.54, 1.807) is 6.20 Å². The van der Waals surface area contributed by atoms with E-state index in [9.17, 15) is 0 Å². The van der Waals surface area contributed by atoms with Gasteiger partial charge in [0.1, 0.15) is 6.07 Å². The minimum absolute atomic E-state index is 0.732. The smallest absolute Gasteiger partial charge is 0.101 e. The summed E-state index contributed by atoms with van der Waals surface area (Å²) in [5.74, 6) is 0. The van der Waals surface area contributed by atoms with Crippen molar-refractivity contribution in [1.82, 2.24) is 4.98 Å². The van der Waals surface area contributed by atoms with Gasteiger partial charge < -0.3 is 0 Å². The van der Waals surface area contributed by atoms with Crippen LogP contribution in [0.25, 0.3) is 0 Å². The molecule has 1 rings (SSSR count). The van der Waals surface area contributed by atoms with Gasteiger partial charge in [-0.25, -0.2) is 0 Å². The molecule has 0 aromatic carbocycles. The molecule has 0 aliphatic carbocycles. The Morgan fingerprint density at radius 2 is 1.94 bits per heavy atom. The lowest BCUT2D eigenvalue weighted by molar-refractivity contribution is 0.604. The summed E-state index contributed by atoms with van der Waals surface area (Å²) in [5.41, 5.74) is 1.69. The van der Waals surface area contributed by atoms with Crippen LogP contribution in [0.3, 0.4) is 0 Å². The van der Waals surface area contributed by atoms with Crippen molar-refractivity contribution < 1.29 is 0 Å². The molecule has 1 aromatic rings. The largest absolute Gasteiger partial charge is 0.260 e. The van der Waals surface area contributed by atoms with E-state index < -0.39 is 0 Å². The van der Waals surface area contributed by atoms with Gasteiger partial charge in [-0.3, -0.25) is 4.98 Å². The van der Waals surface area contributed by atoms with Crippen molar-refractivity contribution in [3.05, 3.63) is 29.6 Å². The fourth-order valence-electron chi connectivity index (χ4n) is 1.81. The third kappa shape index (κ3) is 4.44. The summed E-state index contributed by atoms with van der Waals surface area (Å²) < 4.78 is 0. The van der Waals surface area contributed by atoms with Crippen molar-refractivity contribution in [2.45, 2.75) is 51.9 Å². The van der Waals surface area contributed by atoms with Crippen molar-refractivity contribution in [1.29, 1.82) is 5.26 Å². The molecular formula is C14H20N2. The molecule has 0 bridgehead atoms. The quantitative estimate of drug-likeness (QED) is 0.649. The van der Waals surface area contributed by atoms with Crippen molar-refractivity contribution in [2.75, 3.05) is 0 Å². The molecule has 86 valence electrons. The maximum absolute atomic E-state index is 8.90. The Balaban J connectivity index is 2.24. The Hall–Kier alpha value is -1.36. The second-order valence-electron chi connectivity index (χ2n) is 4.13. The lowest BCUT2D eigenvalue weighted by Crippen LogP contribution is -1.94. The Labute approximate surface area is 98.3 Å². The zero-order valence-electron chi connectivity index (χ0n) is 10.1. The van der Waals surface area contributed by atoms with Crippen LogP contribution in [0.1, 0.15) is 56.7 Å². The fourth-order valence-corrected chi connectivity index (χ4v) is 1.81. The van der Waals surface area contributed by atoms with Crippen molar-refractivity contribution in [2.24, 2.45) is 0 Å². The number of nitriles is 1. The average molecular weight is 216 g/mol. The molecule has 2 nitrogen and oxygen atoms in total. The van der Waals surface area contributed by atoms with Gasteiger partial charge in [-0.1, -0.05) is 39.0 Å². The predicted molar refractivity (Wildman–Crippen MR) is 66.0 cm³/mol. The summed E-state index contributed by atoms with van der Waals surface area (Å²) in [5, 5.41) is 8.90. The second-order valence-corrected chi connectivity index (χ2v) is 4.13. The predicted octanol–water partition coefficient (Wildman–Crippen LogP) is 3.86. The second kappa shape index (κ2) is 7.87. The lowest BCUT2D eigenvalue weighted by atomic mass is 10.1. The highest BCUT2D eigenvalue weighted by atomic mass is 14.7. The zero-order valence-corrected chi connectivity index (χ0v) is 10.1. The summed E-state index contributed by atoms with van der Waals surface area (Å²) in [4.78, 5) is 4.26. The van der Waals surface area contributed by atoms with Crippen LogP contribution in [0, 0.1) is 11.3 Å². The molecule has 0 fully saturated rings. The van der Waals surface area contributed by atoms with Crippen LogP contribution >= 0.6 is 0 Å². The first-order valence-electron chi connectivity index (χ1n) is 6.22. The number of hydrogen-bond acceptors (Lipinski definition) is 2.